The Hall–Kier alpha value is -2.47. The molecule has 112 valence electrons. The van der Waals surface area contributed by atoms with Crippen LogP contribution < -0.4 is 0 Å². The lowest BCUT2D eigenvalue weighted by Crippen LogP contribution is -2.44. The molecule has 1 N–H and O–H groups in total. The number of hydrogen-bond acceptors (Lipinski definition) is 6. The quantitative estimate of drug-likeness (QED) is 0.723. The summed E-state index contributed by atoms with van der Waals surface area (Å²) in [6.07, 6.45) is -1.87. The van der Waals surface area contributed by atoms with Crippen LogP contribution in [0.1, 0.15) is 34.1 Å². The summed E-state index contributed by atoms with van der Waals surface area (Å²) in [6, 6.07) is 4.05. The van der Waals surface area contributed by atoms with Crippen molar-refractivity contribution in [2.45, 2.75) is 31.7 Å². The Morgan fingerprint density at radius 1 is 1.09 bits per heavy atom. The number of ether oxygens (including phenoxy) is 2. The second-order valence-electron chi connectivity index (χ2n) is 5.65. The van der Waals surface area contributed by atoms with E-state index >= 15 is 0 Å². The number of esters is 1. The first-order valence-electron chi connectivity index (χ1n) is 6.99. The summed E-state index contributed by atoms with van der Waals surface area (Å²) < 4.78 is 10.9. The summed E-state index contributed by atoms with van der Waals surface area (Å²) in [5.74, 6) is -1.23. The van der Waals surface area contributed by atoms with Gasteiger partial charge in [-0.25, -0.2) is 0 Å². The van der Waals surface area contributed by atoms with Crippen LogP contribution in [0, 0.1) is 0 Å². The lowest BCUT2D eigenvalue weighted by molar-refractivity contribution is -0.140. The zero-order chi connectivity index (χ0) is 15.6. The van der Waals surface area contributed by atoms with E-state index in [0.717, 1.165) is 0 Å². The van der Waals surface area contributed by atoms with Crippen LogP contribution in [0.5, 0.6) is 5.75 Å². The highest BCUT2D eigenvalue weighted by Gasteiger charge is 2.50. The van der Waals surface area contributed by atoms with Crippen LogP contribution in [0.15, 0.2) is 29.3 Å². The van der Waals surface area contributed by atoms with Crippen molar-refractivity contribution in [3.63, 3.8) is 0 Å². The third-order valence-electron chi connectivity index (χ3n) is 4.31. The fourth-order valence-corrected chi connectivity index (χ4v) is 3.37. The van der Waals surface area contributed by atoms with Gasteiger partial charge >= 0.3 is 5.97 Å². The second-order valence-corrected chi connectivity index (χ2v) is 5.65. The smallest absolute Gasteiger partial charge is 0.309 e. The molecular formula is C16H12O6. The molecule has 0 bridgehead atoms. The molecule has 22 heavy (non-hydrogen) atoms. The molecule has 1 fully saturated rings. The van der Waals surface area contributed by atoms with Gasteiger partial charge in [0, 0.05) is 16.7 Å². The highest BCUT2D eigenvalue weighted by Crippen LogP contribution is 2.40. The molecule has 6 heteroatoms. The Kier molecular flexibility index (Phi) is 2.56. The molecule has 2 heterocycles. The molecule has 4 rings (SSSR count). The molecule has 1 saturated heterocycles. The van der Waals surface area contributed by atoms with Gasteiger partial charge in [0.1, 0.15) is 11.9 Å². The Labute approximate surface area is 125 Å². The van der Waals surface area contributed by atoms with Crippen LogP contribution in [0.3, 0.4) is 0 Å². The minimum Gasteiger partial charge on any atom is -0.508 e. The average Bonchev–Trinajstić information content (AvgIpc) is 2.83. The van der Waals surface area contributed by atoms with Gasteiger partial charge in [-0.3, -0.25) is 14.4 Å². The topological polar surface area (TPSA) is 89.9 Å². The number of Topliss-reactive ketones (excluding diaryl/α,β-unsaturated/α-hetero) is 2. The summed E-state index contributed by atoms with van der Waals surface area (Å²) in [4.78, 5) is 37.0. The normalized spacial score (nSPS) is 29.9. The van der Waals surface area contributed by atoms with Crippen molar-refractivity contribution in [3.05, 3.63) is 40.5 Å². The number of carbonyl (C=O) groups excluding carboxylic acids is 3. The first kappa shape index (κ1) is 13.2. The van der Waals surface area contributed by atoms with Crippen LogP contribution in [-0.4, -0.2) is 41.0 Å². The molecule has 0 unspecified atom stereocenters. The van der Waals surface area contributed by atoms with Crippen LogP contribution in [0.2, 0.25) is 0 Å². The Balaban J connectivity index is 1.92. The number of ketones is 2. The molecule has 0 radical (unpaired) electrons. The van der Waals surface area contributed by atoms with Gasteiger partial charge in [-0.05, 0) is 25.1 Å². The van der Waals surface area contributed by atoms with Crippen LogP contribution >= 0.6 is 0 Å². The molecule has 6 nitrogen and oxygen atoms in total. The molecule has 1 aromatic rings. The number of fused-ring (bicyclic) bond motifs is 3. The Bertz CT molecular complexity index is 775. The molecule has 0 spiro atoms. The van der Waals surface area contributed by atoms with Crippen molar-refractivity contribution in [1.82, 2.24) is 0 Å². The summed E-state index contributed by atoms with van der Waals surface area (Å²) in [7, 11) is 0. The Morgan fingerprint density at radius 3 is 2.59 bits per heavy atom. The molecule has 2 aliphatic heterocycles. The van der Waals surface area contributed by atoms with E-state index in [1.54, 1.807) is 6.92 Å². The zero-order valence-corrected chi connectivity index (χ0v) is 11.7. The maximum absolute atomic E-state index is 12.8. The molecule has 1 aliphatic carbocycles. The summed E-state index contributed by atoms with van der Waals surface area (Å²) in [6.45, 7) is 1.67. The standard InChI is InChI=1S/C16H12O6/c1-6-12-13(16-10(21-6)5-11(18)22-16)14(19)8-3-2-7(17)4-9(8)15(12)20/h2-4,6,10,16-17H,5H2,1H3/t6-,10-,16+/m0/s1. The lowest BCUT2D eigenvalue weighted by Gasteiger charge is -2.35. The Morgan fingerprint density at radius 2 is 1.82 bits per heavy atom. The molecule has 1 aromatic carbocycles. The van der Waals surface area contributed by atoms with Crippen LogP contribution in [-0.2, 0) is 14.3 Å². The van der Waals surface area contributed by atoms with Gasteiger partial charge in [-0.15, -0.1) is 0 Å². The SMILES string of the molecule is C[C@@H]1O[C@H]2CC(=O)O[C@H]2C2=C1C(=O)c1cc(O)ccc1C2=O. The van der Waals surface area contributed by atoms with Gasteiger partial charge in [0.2, 0.25) is 0 Å². The van der Waals surface area contributed by atoms with Gasteiger partial charge in [0.15, 0.2) is 17.7 Å². The summed E-state index contributed by atoms with van der Waals surface area (Å²) >= 11 is 0. The van der Waals surface area contributed by atoms with E-state index in [-0.39, 0.29) is 46.0 Å². The zero-order valence-electron chi connectivity index (χ0n) is 11.7. The van der Waals surface area contributed by atoms with Crippen LogP contribution in [0.4, 0.5) is 0 Å². The third kappa shape index (κ3) is 1.61. The largest absolute Gasteiger partial charge is 0.508 e. The number of phenols is 1. The van der Waals surface area contributed by atoms with Gasteiger partial charge in [-0.1, -0.05) is 0 Å². The molecule has 0 amide bonds. The molecule has 3 atom stereocenters. The first-order valence-corrected chi connectivity index (χ1v) is 6.99. The fourth-order valence-electron chi connectivity index (χ4n) is 3.37. The van der Waals surface area contributed by atoms with Gasteiger partial charge in [0.25, 0.3) is 0 Å². The molecular weight excluding hydrogens is 288 g/mol. The average molecular weight is 300 g/mol. The maximum Gasteiger partial charge on any atom is 0.309 e. The van der Waals surface area contributed by atoms with E-state index in [0.29, 0.717) is 0 Å². The van der Waals surface area contributed by atoms with E-state index in [1.807, 2.05) is 0 Å². The summed E-state index contributed by atoms with van der Waals surface area (Å²) in [5.41, 5.74) is 0.816. The fraction of sp³-hybridized carbons (Fsp3) is 0.312. The number of benzene rings is 1. The highest BCUT2D eigenvalue weighted by atomic mass is 16.6. The highest BCUT2D eigenvalue weighted by molar-refractivity contribution is 6.28. The van der Waals surface area contributed by atoms with Gasteiger partial charge in [-0.2, -0.15) is 0 Å². The molecule has 0 aromatic heterocycles. The number of hydrogen-bond donors (Lipinski definition) is 1. The molecule has 0 saturated carbocycles. The second kappa shape index (κ2) is 4.27. The first-order chi connectivity index (χ1) is 10.5. The van der Waals surface area contributed by atoms with Crippen molar-refractivity contribution in [2.75, 3.05) is 0 Å². The minimum atomic E-state index is -0.822. The third-order valence-corrected chi connectivity index (χ3v) is 4.31. The van der Waals surface area contributed by atoms with E-state index in [2.05, 4.69) is 0 Å². The van der Waals surface area contributed by atoms with E-state index in [9.17, 15) is 19.5 Å². The summed E-state index contributed by atoms with van der Waals surface area (Å²) in [5, 5.41) is 9.56. The predicted octanol–water partition coefficient (Wildman–Crippen LogP) is 1.17. The lowest BCUT2D eigenvalue weighted by atomic mass is 9.77. The number of rotatable bonds is 0. The monoisotopic (exact) mass is 300 g/mol. The maximum atomic E-state index is 12.8. The van der Waals surface area contributed by atoms with E-state index in [1.165, 1.54) is 18.2 Å². The van der Waals surface area contributed by atoms with Crippen molar-refractivity contribution in [3.8, 4) is 5.75 Å². The molecule has 3 aliphatic rings. The van der Waals surface area contributed by atoms with Gasteiger partial charge in [0.05, 0.1) is 18.1 Å². The van der Waals surface area contributed by atoms with Crippen molar-refractivity contribution in [2.24, 2.45) is 0 Å². The number of aromatic hydroxyl groups is 1. The van der Waals surface area contributed by atoms with E-state index in [4.69, 9.17) is 9.47 Å². The van der Waals surface area contributed by atoms with Crippen molar-refractivity contribution >= 4 is 17.5 Å². The number of carbonyl (C=O) groups is 3. The predicted molar refractivity (Wildman–Crippen MR) is 72.6 cm³/mol. The van der Waals surface area contributed by atoms with Crippen molar-refractivity contribution < 1.29 is 29.0 Å². The van der Waals surface area contributed by atoms with Gasteiger partial charge < -0.3 is 14.6 Å². The minimum absolute atomic E-state index is 0.0791. The van der Waals surface area contributed by atoms with Crippen molar-refractivity contribution in [1.29, 1.82) is 0 Å². The van der Waals surface area contributed by atoms with Crippen LogP contribution in [0.25, 0.3) is 0 Å². The van der Waals surface area contributed by atoms with E-state index < -0.39 is 24.3 Å². The number of phenolic OH excluding ortho intramolecular Hbond substituents is 1.